The molecule has 0 bridgehead atoms. The fourth-order valence-electron chi connectivity index (χ4n) is 0.944. The normalized spacial score (nSPS) is 21.6. The minimum absolute atomic E-state index is 1.02. The average molecular weight is 145 g/mol. The van der Waals surface area contributed by atoms with Crippen molar-refractivity contribution in [1.29, 1.82) is 0 Å². The molecule has 0 atom stereocenters. The first-order valence-electron chi connectivity index (χ1n) is 3.87. The van der Waals surface area contributed by atoms with E-state index in [2.05, 4.69) is 29.2 Å². The highest BCUT2D eigenvalue weighted by atomic mass is 15.4. The third-order valence-corrected chi connectivity index (χ3v) is 1.25. The predicted molar refractivity (Wildman–Crippen MR) is 44.6 cm³/mol. The zero-order chi connectivity index (χ0) is 7.98. The van der Waals surface area contributed by atoms with Gasteiger partial charge < -0.3 is 0 Å². The molecule has 0 saturated carbocycles. The Morgan fingerprint density at radius 2 is 1.40 bits per heavy atom. The highest BCUT2D eigenvalue weighted by molar-refractivity contribution is 4.56. The van der Waals surface area contributed by atoms with Gasteiger partial charge in [-0.3, -0.25) is 15.1 Å². The number of nitrogens with one attached hydrogen (secondary N) is 1. The van der Waals surface area contributed by atoms with Gasteiger partial charge in [0.25, 0.3) is 0 Å². The van der Waals surface area contributed by atoms with Gasteiger partial charge in [-0.15, -0.1) is 0 Å². The molecule has 1 N–H and O–H groups in total. The van der Waals surface area contributed by atoms with Crippen LogP contribution in [-0.4, -0.2) is 43.9 Å². The topological polar surface area (TPSA) is 18.5 Å². The zero-order valence-electron chi connectivity index (χ0n) is 7.52. The molecule has 0 aromatic heterocycles. The van der Waals surface area contributed by atoms with Crippen molar-refractivity contribution < 1.29 is 0 Å². The molecule has 0 unspecified atom stereocenters. The van der Waals surface area contributed by atoms with Gasteiger partial charge in [-0.2, -0.15) is 0 Å². The maximum absolute atomic E-state index is 3.24. The zero-order valence-corrected chi connectivity index (χ0v) is 7.52. The minimum atomic E-state index is 1.02. The van der Waals surface area contributed by atoms with Crippen molar-refractivity contribution in [3.8, 4) is 0 Å². The lowest BCUT2D eigenvalue weighted by Gasteiger charge is -2.30. The van der Waals surface area contributed by atoms with Crippen LogP contribution in [-0.2, 0) is 0 Å². The number of hydrogen-bond donors (Lipinski definition) is 1. The summed E-state index contributed by atoms with van der Waals surface area (Å²) in [6.07, 6.45) is 0. The van der Waals surface area contributed by atoms with Crippen LogP contribution in [0.5, 0.6) is 0 Å². The van der Waals surface area contributed by atoms with Crippen molar-refractivity contribution >= 4 is 0 Å². The lowest BCUT2D eigenvalue weighted by molar-refractivity contribution is 0.109. The summed E-state index contributed by atoms with van der Waals surface area (Å²) in [7, 11) is 4.20. The molecule has 0 aromatic rings. The third kappa shape index (κ3) is 3.82. The lowest BCUT2D eigenvalue weighted by atomic mass is 10.6. The lowest BCUT2D eigenvalue weighted by Crippen LogP contribution is -2.49. The number of nitrogens with zero attached hydrogens (tertiary/aromatic N) is 2. The standard InChI is InChI=1S/C5H13N3.C2H6/c1-7-3-6-4-8(2)5-7;1-2/h6H,3-5H2,1-2H3;1-2H3. The molecule has 0 amide bonds. The fraction of sp³-hybridized carbons (Fsp3) is 1.00. The Morgan fingerprint density at radius 3 is 1.60 bits per heavy atom. The summed E-state index contributed by atoms with van der Waals surface area (Å²) < 4.78 is 0. The van der Waals surface area contributed by atoms with Crippen LogP contribution in [0.15, 0.2) is 0 Å². The molecule has 1 saturated heterocycles. The Balaban J connectivity index is 0.000000371. The van der Waals surface area contributed by atoms with Crippen LogP contribution >= 0.6 is 0 Å². The van der Waals surface area contributed by atoms with Gasteiger partial charge in [0.1, 0.15) is 0 Å². The minimum Gasteiger partial charge on any atom is -0.291 e. The first-order chi connectivity index (χ1) is 4.79. The second kappa shape index (κ2) is 5.65. The van der Waals surface area contributed by atoms with Gasteiger partial charge in [0.15, 0.2) is 0 Å². The highest BCUT2D eigenvalue weighted by Gasteiger charge is 2.06. The van der Waals surface area contributed by atoms with Gasteiger partial charge in [-0.25, -0.2) is 0 Å². The molecule has 1 heterocycles. The largest absolute Gasteiger partial charge is 0.291 e. The quantitative estimate of drug-likeness (QED) is 0.530. The monoisotopic (exact) mass is 145 g/mol. The van der Waals surface area contributed by atoms with E-state index in [1.165, 1.54) is 0 Å². The summed E-state index contributed by atoms with van der Waals surface area (Å²) in [6, 6.07) is 0. The van der Waals surface area contributed by atoms with Gasteiger partial charge in [-0.05, 0) is 14.1 Å². The van der Waals surface area contributed by atoms with E-state index in [-0.39, 0.29) is 0 Å². The van der Waals surface area contributed by atoms with Crippen LogP contribution in [0.3, 0.4) is 0 Å². The van der Waals surface area contributed by atoms with E-state index >= 15 is 0 Å². The molecule has 1 aliphatic heterocycles. The Hall–Kier alpha value is -0.120. The van der Waals surface area contributed by atoms with Gasteiger partial charge in [0.05, 0.1) is 6.67 Å². The first-order valence-corrected chi connectivity index (χ1v) is 3.87. The van der Waals surface area contributed by atoms with Gasteiger partial charge in [-0.1, -0.05) is 13.8 Å². The molecule has 1 rings (SSSR count). The van der Waals surface area contributed by atoms with Crippen molar-refractivity contribution in [3.63, 3.8) is 0 Å². The predicted octanol–water partition coefficient (Wildman–Crippen LogP) is 0.352. The Kier molecular flexibility index (Phi) is 5.58. The van der Waals surface area contributed by atoms with Crippen molar-refractivity contribution in [2.45, 2.75) is 13.8 Å². The Labute approximate surface area is 64.0 Å². The van der Waals surface area contributed by atoms with Gasteiger partial charge in [0.2, 0.25) is 0 Å². The summed E-state index contributed by atoms with van der Waals surface area (Å²) in [4.78, 5) is 4.45. The summed E-state index contributed by atoms with van der Waals surface area (Å²) in [5.74, 6) is 0. The van der Waals surface area contributed by atoms with Crippen LogP contribution in [0.2, 0.25) is 0 Å². The van der Waals surface area contributed by atoms with Crippen LogP contribution in [0.4, 0.5) is 0 Å². The van der Waals surface area contributed by atoms with Crippen molar-refractivity contribution in [3.05, 3.63) is 0 Å². The van der Waals surface area contributed by atoms with E-state index in [0.717, 1.165) is 20.0 Å². The van der Waals surface area contributed by atoms with E-state index in [9.17, 15) is 0 Å². The van der Waals surface area contributed by atoms with E-state index in [1.807, 2.05) is 13.8 Å². The maximum Gasteiger partial charge on any atom is 0.0523 e. The van der Waals surface area contributed by atoms with Crippen molar-refractivity contribution in [2.24, 2.45) is 0 Å². The molecular formula is C7H19N3. The summed E-state index contributed by atoms with van der Waals surface area (Å²) in [5, 5.41) is 3.24. The number of rotatable bonds is 0. The molecule has 0 radical (unpaired) electrons. The van der Waals surface area contributed by atoms with E-state index in [1.54, 1.807) is 0 Å². The summed E-state index contributed by atoms with van der Waals surface area (Å²) in [5.41, 5.74) is 0. The molecule has 10 heavy (non-hydrogen) atoms. The molecule has 3 heteroatoms. The molecule has 62 valence electrons. The fourth-order valence-corrected chi connectivity index (χ4v) is 0.944. The van der Waals surface area contributed by atoms with E-state index in [4.69, 9.17) is 0 Å². The molecule has 1 fully saturated rings. The van der Waals surface area contributed by atoms with E-state index in [0.29, 0.717) is 0 Å². The SMILES string of the molecule is CC.CN1CNCN(C)C1. The molecule has 0 aromatic carbocycles. The molecule has 3 nitrogen and oxygen atoms in total. The van der Waals surface area contributed by atoms with Crippen LogP contribution in [0.25, 0.3) is 0 Å². The molecule has 0 aliphatic carbocycles. The van der Waals surface area contributed by atoms with Crippen LogP contribution in [0.1, 0.15) is 13.8 Å². The number of hydrogen-bond acceptors (Lipinski definition) is 3. The van der Waals surface area contributed by atoms with Crippen LogP contribution in [0, 0.1) is 0 Å². The molecular weight excluding hydrogens is 126 g/mol. The van der Waals surface area contributed by atoms with Gasteiger partial charge >= 0.3 is 0 Å². The second-order valence-corrected chi connectivity index (χ2v) is 2.42. The molecule has 1 aliphatic rings. The van der Waals surface area contributed by atoms with Crippen molar-refractivity contribution in [1.82, 2.24) is 15.1 Å². The van der Waals surface area contributed by atoms with E-state index < -0.39 is 0 Å². The first kappa shape index (κ1) is 9.88. The Morgan fingerprint density at radius 1 is 1.00 bits per heavy atom. The van der Waals surface area contributed by atoms with Crippen LogP contribution < -0.4 is 5.32 Å². The summed E-state index contributed by atoms with van der Waals surface area (Å²) >= 11 is 0. The maximum atomic E-state index is 3.24. The second-order valence-electron chi connectivity index (χ2n) is 2.42. The average Bonchev–Trinajstić information content (AvgIpc) is 1.91. The molecule has 0 spiro atoms. The van der Waals surface area contributed by atoms with Gasteiger partial charge in [0, 0.05) is 13.3 Å². The van der Waals surface area contributed by atoms with Crippen molar-refractivity contribution in [2.75, 3.05) is 34.1 Å². The third-order valence-electron chi connectivity index (χ3n) is 1.25. The summed E-state index contributed by atoms with van der Waals surface area (Å²) in [6.45, 7) is 7.11. The Bertz CT molecular complexity index is 67.3. The highest BCUT2D eigenvalue weighted by Crippen LogP contribution is 1.89. The smallest absolute Gasteiger partial charge is 0.0523 e.